The summed E-state index contributed by atoms with van der Waals surface area (Å²) < 4.78 is 5.75. The number of nitrogens with one attached hydrogen (secondary N) is 1. The van der Waals surface area contributed by atoms with Gasteiger partial charge in [0.15, 0.2) is 0 Å². The van der Waals surface area contributed by atoms with E-state index in [4.69, 9.17) is 27.9 Å². The first-order valence-corrected chi connectivity index (χ1v) is 6.43. The molecule has 1 aromatic rings. The van der Waals surface area contributed by atoms with E-state index in [-0.39, 0.29) is 6.10 Å². The van der Waals surface area contributed by atoms with E-state index in [0.717, 1.165) is 19.5 Å². The van der Waals surface area contributed by atoms with Gasteiger partial charge in [0.2, 0.25) is 0 Å². The summed E-state index contributed by atoms with van der Waals surface area (Å²) in [7, 11) is 0. The molecular formula is C12H15Cl2NO2. The SMILES string of the molecule is O[C@@H]1CCNCC[C@H]1Oc1ccc(Cl)c(Cl)c1. The van der Waals surface area contributed by atoms with Crippen LogP contribution < -0.4 is 10.1 Å². The van der Waals surface area contributed by atoms with Crippen molar-refractivity contribution in [1.82, 2.24) is 5.32 Å². The third kappa shape index (κ3) is 3.49. The summed E-state index contributed by atoms with van der Waals surface area (Å²) in [4.78, 5) is 0. The number of hydrogen-bond donors (Lipinski definition) is 2. The summed E-state index contributed by atoms with van der Waals surface area (Å²) in [5.41, 5.74) is 0. The third-order valence-electron chi connectivity index (χ3n) is 2.83. The quantitative estimate of drug-likeness (QED) is 0.872. The second-order valence-electron chi connectivity index (χ2n) is 4.13. The highest BCUT2D eigenvalue weighted by Gasteiger charge is 2.23. The molecule has 1 aromatic carbocycles. The molecule has 1 heterocycles. The second-order valence-corrected chi connectivity index (χ2v) is 4.94. The zero-order valence-corrected chi connectivity index (χ0v) is 10.8. The summed E-state index contributed by atoms with van der Waals surface area (Å²) in [5, 5.41) is 14.1. The minimum absolute atomic E-state index is 0.192. The molecule has 5 heteroatoms. The maximum Gasteiger partial charge on any atom is 0.126 e. The Morgan fingerprint density at radius 3 is 2.71 bits per heavy atom. The molecule has 1 aliphatic rings. The van der Waals surface area contributed by atoms with Gasteiger partial charge in [0.05, 0.1) is 16.1 Å². The van der Waals surface area contributed by atoms with Crippen LogP contribution in [0.4, 0.5) is 0 Å². The van der Waals surface area contributed by atoms with Crippen LogP contribution in [0.1, 0.15) is 12.8 Å². The van der Waals surface area contributed by atoms with Crippen LogP contribution in [0.5, 0.6) is 5.75 Å². The Morgan fingerprint density at radius 2 is 1.94 bits per heavy atom. The van der Waals surface area contributed by atoms with Crippen molar-refractivity contribution in [2.45, 2.75) is 25.0 Å². The maximum atomic E-state index is 9.91. The van der Waals surface area contributed by atoms with Gasteiger partial charge in [-0.25, -0.2) is 0 Å². The lowest BCUT2D eigenvalue weighted by atomic mass is 10.1. The van der Waals surface area contributed by atoms with Crippen molar-refractivity contribution in [1.29, 1.82) is 0 Å². The standard InChI is InChI=1S/C12H15Cl2NO2/c13-9-2-1-8(7-10(9)14)17-12-4-6-15-5-3-11(12)16/h1-2,7,11-12,15-16H,3-6H2/t11-,12-/m1/s1. The molecule has 0 radical (unpaired) electrons. The number of aliphatic hydroxyl groups is 1. The molecule has 0 unspecified atom stereocenters. The predicted molar refractivity (Wildman–Crippen MR) is 69.0 cm³/mol. The van der Waals surface area contributed by atoms with Crippen LogP contribution in [0, 0.1) is 0 Å². The Bertz CT molecular complexity index is 387. The van der Waals surface area contributed by atoms with Crippen molar-refractivity contribution >= 4 is 23.2 Å². The molecule has 0 saturated carbocycles. The molecule has 2 N–H and O–H groups in total. The molecule has 1 fully saturated rings. The van der Waals surface area contributed by atoms with E-state index in [1.165, 1.54) is 0 Å². The van der Waals surface area contributed by atoms with Crippen molar-refractivity contribution in [2.24, 2.45) is 0 Å². The van der Waals surface area contributed by atoms with Crippen LogP contribution in [-0.2, 0) is 0 Å². The fraction of sp³-hybridized carbons (Fsp3) is 0.500. The number of ether oxygens (including phenoxy) is 1. The second kappa shape index (κ2) is 5.91. The molecular weight excluding hydrogens is 261 g/mol. The highest BCUT2D eigenvalue weighted by atomic mass is 35.5. The van der Waals surface area contributed by atoms with Gasteiger partial charge in [-0.05, 0) is 38.1 Å². The Balaban J connectivity index is 2.05. The number of halogens is 2. The lowest BCUT2D eigenvalue weighted by Crippen LogP contribution is -2.31. The zero-order valence-electron chi connectivity index (χ0n) is 9.33. The van der Waals surface area contributed by atoms with Crippen molar-refractivity contribution < 1.29 is 9.84 Å². The number of hydrogen-bond acceptors (Lipinski definition) is 3. The van der Waals surface area contributed by atoms with Crippen LogP contribution >= 0.6 is 23.2 Å². The fourth-order valence-electron chi connectivity index (χ4n) is 1.86. The Hall–Kier alpha value is -0.480. The molecule has 94 valence electrons. The molecule has 0 bridgehead atoms. The highest BCUT2D eigenvalue weighted by molar-refractivity contribution is 6.42. The summed E-state index contributed by atoms with van der Waals surface area (Å²) in [6, 6.07) is 5.13. The van der Waals surface area contributed by atoms with E-state index in [2.05, 4.69) is 5.32 Å². The Kier molecular flexibility index (Phi) is 4.51. The van der Waals surface area contributed by atoms with Crippen molar-refractivity contribution in [3.63, 3.8) is 0 Å². The van der Waals surface area contributed by atoms with Crippen molar-refractivity contribution in [3.05, 3.63) is 28.2 Å². The average molecular weight is 276 g/mol. The molecule has 3 nitrogen and oxygen atoms in total. The lowest BCUT2D eigenvalue weighted by Gasteiger charge is -2.21. The van der Waals surface area contributed by atoms with Gasteiger partial charge in [0.25, 0.3) is 0 Å². The van der Waals surface area contributed by atoms with Crippen LogP contribution in [0.3, 0.4) is 0 Å². The molecule has 17 heavy (non-hydrogen) atoms. The lowest BCUT2D eigenvalue weighted by molar-refractivity contribution is 0.0350. The van der Waals surface area contributed by atoms with Crippen molar-refractivity contribution in [2.75, 3.05) is 13.1 Å². The van der Waals surface area contributed by atoms with Crippen molar-refractivity contribution in [3.8, 4) is 5.75 Å². The van der Waals surface area contributed by atoms with Crippen LogP contribution in [-0.4, -0.2) is 30.4 Å². The predicted octanol–water partition coefficient (Wildman–Crippen LogP) is 2.49. The zero-order chi connectivity index (χ0) is 12.3. The molecule has 0 amide bonds. The van der Waals surface area contributed by atoms with Gasteiger partial charge in [0.1, 0.15) is 11.9 Å². The summed E-state index contributed by atoms with van der Waals surface area (Å²) in [6.07, 6.45) is 0.842. The Labute approximate surface area is 111 Å². The van der Waals surface area contributed by atoms with E-state index >= 15 is 0 Å². The minimum atomic E-state index is -0.445. The first-order chi connectivity index (χ1) is 8.16. The van der Waals surface area contributed by atoms with Crippen LogP contribution in [0.15, 0.2) is 18.2 Å². The largest absolute Gasteiger partial charge is 0.488 e. The topological polar surface area (TPSA) is 41.5 Å². The summed E-state index contributed by atoms with van der Waals surface area (Å²) >= 11 is 11.7. The normalized spacial score (nSPS) is 25.4. The molecule has 1 aliphatic heterocycles. The van der Waals surface area contributed by atoms with Gasteiger partial charge in [0, 0.05) is 6.07 Å². The number of aliphatic hydroxyl groups excluding tert-OH is 1. The third-order valence-corrected chi connectivity index (χ3v) is 3.57. The molecule has 0 aromatic heterocycles. The Morgan fingerprint density at radius 1 is 1.18 bits per heavy atom. The van der Waals surface area contributed by atoms with Gasteiger partial charge in [-0.2, -0.15) is 0 Å². The summed E-state index contributed by atoms with van der Waals surface area (Å²) in [5.74, 6) is 0.644. The van der Waals surface area contributed by atoms with Crippen LogP contribution in [0.25, 0.3) is 0 Å². The van der Waals surface area contributed by atoms with Gasteiger partial charge >= 0.3 is 0 Å². The van der Waals surface area contributed by atoms with Gasteiger partial charge < -0.3 is 15.2 Å². The average Bonchev–Trinajstić information content (AvgIpc) is 2.50. The van der Waals surface area contributed by atoms with E-state index < -0.39 is 6.10 Å². The van der Waals surface area contributed by atoms with Gasteiger partial charge in [-0.1, -0.05) is 23.2 Å². The number of rotatable bonds is 2. The maximum absolute atomic E-state index is 9.91. The van der Waals surface area contributed by atoms with E-state index in [1.807, 2.05) is 0 Å². The molecule has 0 aliphatic carbocycles. The first-order valence-electron chi connectivity index (χ1n) is 5.67. The van der Waals surface area contributed by atoms with Crippen LogP contribution in [0.2, 0.25) is 10.0 Å². The molecule has 2 atom stereocenters. The fourth-order valence-corrected chi connectivity index (χ4v) is 2.15. The van der Waals surface area contributed by atoms with E-state index in [0.29, 0.717) is 22.2 Å². The highest BCUT2D eigenvalue weighted by Crippen LogP contribution is 2.27. The molecule has 0 spiro atoms. The number of benzene rings is 1. The summed E-state index contributed by atoms with van der Waals surface area (Å²) in [6.45, 7) is 1.67. The van der Waals surface area contributed by atoms with Gasteiger partial charge in [-0.3, -0.25) is 0 Å². The smallest absolute Gasteiger partial charge is 0.126 e. The minimum Gasteiger partial charge on any atom is -0.488 e. The molecule has 1 saturated heterocycles. The first kappa shape index (κ1) is 13.0. The van der Waals surface area contributed by atoms with E-state index in [1.54, 1.807) is 18.2 Å². The molecule has 2 rings (SSSR count). The van der Waals surface area contributed by atoms with Gasteiger partial charge in [-0.15, -0.1) is 0 Å². The van der Waals surface area contributed by atoms with E-state index in [9.17, 15) is 5.11 Å². The monoisotopic (exact) mass is 275 g/mol.